The second-order valence-corrected chi connectivity index (χ2v) is 5.30. The van der Waals surface area contributed by atoms with Gasteiger partial charge in [-0.25, -0.2) is 4.39 Å². The number of piperazine rings is 1. The maximum absolute atomic E-state index is 13.4. The van der Waals surface area contributed by atoms with Crippen LogP contribution in [0.25, 0.3) is 0 Å². The fourth-order valence-corrected chi connectivity index (χ4v) is 2.54. The predicted octanol–water partition coefficient (Wildman–Crippen LogP) is 2.22. The summed E-state index contributed by atoms with van der Waals surface area (Å²) in [5, 5.41) is 2.66. The van der Waals surface area contributed by atoms with Gasteiger partial charge >= 0.3 is 0 Å². The van der Waals surface area contributed by atoms with Gasteiger partial charge in [-0.3, -0.25) is 14.5 Å². The topological polar surface area (TPSA) is 49.4 Å². The lowest BCUT2D eigenvalue weighted by atomic mass is 10.1. The van der Waals surface area contributed by atoms with Crippen LogP contribution in [0.1, 0.15) is 20.3 Å². The molecule has 1 heterocycles. The van der Waals surface area contributed by atoms with E-state index in [2.05, 4.69) is 21.2 Å². The number of carbonyl (C=O) groups is 2. The number of carbonyl (C=O) groups excluding carboxylic acids is 2. The molecule has 2 rings (SSSR count). The van der Waals surface area contributed by atoms with Gasteiger partial charge in [0.2, 0.25) is 11.8 Å². The molecule has 0 bridgehead atoms. The summed E-state index contributed by atoms with van der Waals surface area (Å²) in [6, 6.07) is 2.86. The highest BCUT2D eigenvalue weighted by atomic mass is 79.9. The number of hydrogen-bond donors (Lipinski definition) is 1. The van der Waals surface area contributed by atoms with Gasteiger partial charge in [-0.2, -0.15) is 0 Å². The Morgan fingerprint density at radius 2 is 2.11 bits per heavy atom. The van der Waals surface area contributed by atoms with Gasteiger partial charge in [0, 0.05) is 4.47 Å². The first-order chi connectivity index (χ1) is 8.95. The average molecular weight is 329 g/mol. The molecule has 1 aliphatic rings. The lowest BCUT2D eigenvalue weighted by molar-refractivity contribution is -0.133. The molecule has 2 atom stereocenters. The second-order valence-electron chi connectivity index (χ2n) is 4.45. The standard InChI is InChI=1S/C13H14BrFN2O2/c1-3-10-13(19)17(7(2)12(18)16-10)11-6-8(15)4-5-9(11)14/h4-7,10H,3H2,1-2H3,(H,16,18). The molecular weight excluding hydrogens is 315 g/mol. The average Bonchev–Trinajstić information content (AvgIpc) is 2.38. The van der Waals surface area contributed by atoms with Crippen LogP contribution >= 0.6 is 15.9 Å². The number of anilines is 1. The first kappa shape index (κ1) is 14.0. The van der Waals surface area contributed by atoms with Crippen molar-refractivity contribution in [3.63, 3.8) is 0 Å². The molecule has 1 aromatic rings. The van der Waals surface area contributed by atoms with Gasteiger partial charge in [0.05, 0.1) is 5.69 Å². The molecule has 19 heavy (non-hydrogen) atoms. The Bertz CT molecular complexity index is 535. The molecule has 0 spiro atoms. The van der Waals surface area contributed by atoms with Crippen LogP contribution in [-0.4, -0.2) is 23.9 Å². The van der Waals surface area contributed by atoms with E-state index in [4.69, 9.17) is 0 Å². The third-order valence-corrected chi connectivity index (χ3v) is 3.87. The van der Waals surface area contributed by atoms with Crippen molar-refractivity contribution in [2.75, 3.05) is 4.90 Å². The number of halogens is 2. The van der Waals surface area contributed by atoms with Crippen LogP contribution in [0.5, 0.6) is 0 Å². The minimum Gasteiger partial charge on any atom is -0.343 e. The molecule has 6 heteroatoms. The number of nitrogens with one attached hydrogen (secondary N) is 1. The highest BCUT2D eigenvalue weighted by molar-refractivity contribution is 9.10. The summed E-state index contributed by atoms with van der Waals surface area (Å²) in [5.41, 5.74) is 0.380. The van der Waals surface area contributed by atoms with E-state index in [1.54, 1.807) is 6.92 Å². The maximum Gasteiger partial charge on any atom is 0.250 e. The Morgan fingerprint density at radius 1 is 1.42 bits per heavy atom. The molecule has 1 saturated heterocycles. The van der Waals surface area contributed by atoms with Crippen LogP contribution in [0.2, 0.25) is 0 Å². The van der Waals surface area contributed by atoms with Crippen molar-refractivity contribution in [3.8, 4) is 0 Å². The lowest BCUT2D eigenvalue weighted by Crippen LogP contribution is -2.62. The molecule has 102 valence electrons. The zero-order valence-electron chi connectivity index (χ0n) is 10.6. The zero-order valence-corrected chi connectivity index (χ0v) is 12.2. The first-order valence-corrected chi connectivity index (χ1v) is 6.83. The van der Waals surface area contributed by atoms with Crippen molar-refractivity contribution >= 4 is 33.4 Å². The zero-order chi connectivity index (χ0) is 14.2. The van der Waals surface area contributed by atoms with Crippen molar-refractivity contribution < 1.29 is 14.0 Å². The van der Waals surface area contributed by atoms with Crippen LogP contribution in [0.3, 0.4) is 0 Å². The van der Waals surface area contributed by atoms with Crippen molar-refractivity contribution in [1.29, 1.82) is 0 Å². The summed E-state index contributed by atoms with van der Waals surface area (Å²) in [5.74, 6) is -0.902. The summed E-state index contributed by atoms with van der Waals surface area (Å²) in [6.45, 7) is 3.44. The van der Waals surface area contributed by atoms with E-state index in [-0.39, 0.29) is 11.8 Å². The second kappa shape index (κ2) is 5.28. The fourth-order valence-electron chi connectivity index (χ4n) is 2.10. The van der Waals surface area contributed by atoms with Gasteiger partial charge in [0.1, 0.15) is 17.9 Å². The predicted molar refractivity (Wildman–Crippen MR) is 73.3 cm³/mol. The Labute approximate surface area is 119 Å². The van der Waals surface area contributed by atoms with Crippen molar-refractivity contribution in [2.45, 2.75) is 32.4 Å². The molecule has 1 aliphatic heterocycles. The van der Waals surface area contributed by atoms with Gasteiger partial charge in [-0.1, -0.05) is 6.92 Å². The minimum absolute atomic E-state index is 0.221. The molecular formula is C13H14BrFN2O2. The van der Waals surface area contributed by atoms with Crippen LogP contribution < -0.4 is 10.2 Å². The highest BCUT2D eigenvalue weighted by Crippen LogP contribution is 2.30. The smallest absolute Gasteiger partial charge is 0.250 e. The van der Waals surface area contributed by atoms with Crippen molar-refractivity contribution in [2.24, 2.45) is 0 Å². The maximum atomic E-state index is 13.4. The third kappa shape index (κ3) is 2.49. The number of hydrogen-bond acceptors (Lipinski definition) is 2. The molecule has 0 radical (unpaired) electrons. The lowest BCUT2D eigenvalue weighted by Gasteiger charge is -2.37. The van der Waals surface area contributed by atoms with Crippen LogP contribution in [-0.2, 0) is 9.59 Å². The largest absolute Gasteiger partial charge is 0.343 e. The van der Waals surface area contributed by atoms with Gasteiger partial charge in [0.25, 0.3) is 0 Å². The van der Waals surface area contributed by atoms with E-state index in [0.29, 0.717) is 16.6 Å². The highest BCUT2D eigenvalue weighted by Gasteiger charge is 2.38. The van der Waals surface area contributed by atoms with E-state index < -0.39 is 17.9 Å². The van der Waals surface area contributed by atoms with Gasteiger partial charge in [-0.05, 0) is 47.5 Å². The van der Waals surface area contributed by atoms with Crippen molar-refractivity contribution in [3.05, 3.63) is 28.5 Å². The quantitative estimate of drug-likeness (QED) is 0.904. The van der Waals surface area contributed by atoms with Crippen LogP contribution in [0.15, 0.2) is 22.7 Å². The molecule has 2 unspecified atom stereocenters. The molecule has 1 N–H and O–H groups in total. The van der Waals surface area contributed by atoms with E-state index in [1.807, 2.05) is 6.92 Å². The summed E-state index contributed by atoms with van der Waals surface area (Å²) < 4.78 is 14.0. The minimum atomic E-state index is -0.659. The Morgan fingerprint density at radius 3 is 2.74 bits per heavy atom. The number of nitrogens with zero attached hydrogens (tertiary/aromatic N) is 1. The molecule has 4 nitrogen and oxygen atoms in total. The van der Waals surface area contributed by atoms with Gasteiger partial charge < -0.3 is 5.32 Å². The van der Waals surface area contributed by atoms with Gasteiger partial charge in [0.15, 0.2) is 0 Å². The molecule has 2 amide bonds. The number of benzene rings is 1. The number of amides is 2. The molecule has 1 aromatic carbocycles. The summed E-state index contributed by atoms with van der Waals surface area (Å²) in [4.78, 5) is 25.6. The first-order valence-electron chi connectivity index (χ1n) is 6.04. The summed E-state index contributed by atoms with van der Waals surface area (Å²) in [6.07, 6.45) is 0.501. The fraction of sp³-hybridized carbons (Fsp3) is 0.385. The van der Waals surface area contributed by atoms with E-state index in [0.717, 1.165) is 0 Å². The summed E-state index contributed by atoms with van der Waals surface area (Å²) in [7, 11) is 0. The van der Waals surface area contributed by atoms with E-state index >= 15 is 0 Å². The molecule has 0 saturated carbocycles. The molecule has 0 aromatic heterocycles. The SMILES string of the molecule is CCC1NC(=O)C(C)N(c2cc(F)ccc2Br)C1=O. The van der Waals surface area contributed by atoms with Gasteiger partial charge in [-0.15, -0.1) is 0 Å². The number of rotatable bonds is 2. The van der Waals surface area contributed by atoms with Crippen molar-refractivity contribution in [1.82, 2.24) is 5.32 Å². The monoisotopic (exact) mass is 328 g/mol. The third-order valence-electron chi connectivity index (χ3n) is 3.19. The van der Waals surface area contributed by atoms with Crippen LogP contribution in [0.4, 0.5) is 10.1 Å². The normalized spacial score (nSPS) is 23.5. The van der Waals surface area contributed by atoms with E-state index in [1.165, 1.54) is 23.1 Å². The molecule has 0 aliphatic carbocycles. The Kier molecular flexibility index (Phi) is 3.89. The summed E-state index contributed by atoms with van der Waals surface area (Å²) >= 11 is 3.29. The molecule has 1 fully saturated rings. The van der Waals surface area contributed by atoms with E-state index in [9.17, 15) is 14.0 Å². The van der Waals surface area contributed by atoms with Crippen LogP contribution in [0, 0.1) is 5.82 Å². The Balaban J connectivity index is 2.47. The Hall–Kier alpha value is -1.43.